The summed E-state index contributed by atoms with van der Waals surface area (Å²) in [5.74, 6) is 8.33. The summed E-state index contributed by atoms with van der Waals surface area (Å²) in [6, 6.07) is 55.9. The van der Waals surface area contributed by atoms with Gasteiger partial charge < -0.3 is 9.47 Å². The van der Waals surface area contributed by atoms with E-state index in [1.165, 1.54) is 212 Å². The fraction of sp³-hybridized carbons (Fsp3) is 0.372. The highest BCUT2D eigenvalue weighted by Gasteiger charge is 2.52. The molecule has 446 valence electrons. The maximum atomic E-state index is 7.31. The lowest BCUT2D eigenvalue weighted by Gasteiger charge is -2.50. The van der Waals surface area contributed by atoms with Crippen LogP contribution in [0.15, 0.2) is 146 Å². The highest BCUT2D eigenvalue weighted by atomic mass is 16.5. The zero-order chi connectivity index (χ0) is 60.8. The lowest BCUT2D eigenvalue weighted by atomic mass is 9.52. The molecule has 2 heteroatoms. The van der Waals surface area contributed by atoms with Crippen molar-refractivity contribution in [1.82, 2.24) is 0 Å². The van der Waals surface area contributed by atoms with Gasteiger partial charge in [-0.3, -0.25) is 0 Å². The van der Waals surface area contributed by atoms with E-state index in [0.717, 1.165) is 48.7 Å². The SMILES string of the molecule is C#Cc1c2c(c(C#C)c3c1C1c4ccccc4C3c3c1c(-c1ccc(OCCCCCCCCCC)cc1)c1cc4ccccc4cc1c3-c1ccc(OCCCCCCCCCC)cc1)C1c3ccc(C(C)(C)C)cc3C2c2ccc(C(C)(C)C)cc21. The van der Waals surface area contributed by atoms with E-state index < -0.39 is 0 Å². The zero-order valence-electron chi connectivity index (χ0n) is 53.9. The molecule has 0 radical (unpaired) electrons. The molecule has 0 aromatic heterocycles. The monoisotopic (exact) mass is 1150 g/mol. The van der Waals surface area contributed by atoms with Gasteiger partial charge >= 0.3 is 0 Å². The summed E-state index contributed by atoms with van der Waals surface area (Å²) in [5, 5.41) is 4.88. The van der Waals surface area contributed by atoms with E-state index in [-0.39, 0.29) is 34.5 Å². The number of terminal acetylenes is 2. The fourth-order valence-corrected chi connectivity index (χ4v) is 16.1. The van der Waals surface area contributed by atoms with Crippen LogP contribution in [0.25, 0.3) is 43.8 Å². The van der Waals surface area contributed by atoms with E-state index in [2.05, 4.69) is 213 Å². The molecule has 4 bridgehead atoms. The third-order valence-electron chi connectivity index (χ3n) is 20.5. The Morgan fingerprint density at radius 2 is 0.693 bits per heavy atom. The smallest absolute Gasteiger partial charge is 0.119 e. The predicted octanol–water partition coefficient (Wildman–Crippen LogP) is 22.9. The van der Waals surface area contributed by atoms with Crippen molar-refractivity contribution in [2.75, 3.05) is 13.2 Å². The average Bonchev–Trinajstić information content (AvgIpc) is 0.664. The van der Waals surface area contributed by atoms with Crippen molar-refractivity contribution < 1.29 is 9.47 Å². The molecule has 6 aliphatic rings. The van der Waals surface area contributed by atoms with E-state index in [1.807, 2.05) is 0 Å². The van der Waals surface area contributed by atoms with Crippen LogP contribution in [-0.4, -0.2) is 13.2 Å². The van der Waals surface area contributed by atoms with E-state index >= 15 is 0 Å². The first kappa shape index (κ1) is 59.2. The molecule has 0 amide bonds. The molecule has 0 saturated carbocycles. The Morgan fingerprint density at radius 1 is 0.352 bits per heavy atom. The van der Waals surface area contributed by atoms with Crippen molar-refractivity contribution in [2.45, 2.75) is 193 Å². The van der Waals surface area contributed by atoms with Crippen LogP contribution in [-0.2, 0) is 10.8 Å². The lowest BCUT2D eigenvalue weighted by molar-refractivity contribution is 0.304. The molecule has 0 saturated heterocycles. The first-order valence-corrected chi connectivity index (χ1v) is 33.9. The first-order chi connectivity index (χ1) is 42.8. The molecule has 0 heterocycles. The number of hydrogen-bond acceptors (Lipinski definition) is 2. The summed E-state index contributed by atoms with van der Waals surface area (Å²) in [4.78, 5) is 0. The molecule has 0 spiro atoms. The van der Waals surface area contributed by atoms with Crippen molar-refractivity contribution >= 4 is 21.5 Å². The van der Waals surface area contributed by atoms with Crippen molar-refractivity contribution in [2.24, 2.45) is 0 Å². The van der Waals surface area contributed by atoms with Crippen LogP contribution in [0.1, 0.15) is 271 Å². The summed E-state index contributed by atoms with van der Waals surface area (Å²) in [6.07, 6.45) is 34.9. The van der Waals surface area contributed by atoms with Crippen LogP contribution in [0.3, 0.4) is 0 Å². The maximum absolute atomic E-state index is 7.31. The summed E-state index contributed by atoms with van der Waals surface area (Å²) < 4.78 is 13.1. The van der Waals surface area contributed by atoms with E-state index in [9.17, 15) is 0 Å². The highest BCUT2D eigenvalue weighted by Crippen LogP contribution is 2.67. The third-order valence-corrected chi connectivity index (χ3v) is 20.5. The van der Waals surface area contributed by atoms with Gasteiger partial charge in [0.25, 0.3) is 0 Å². The minimum absolute atomic E-state index is 0.0467. The van der Waals surface area contributed by atoms with Crippen LogP contribution in [0, 0.1) is 24.7 Å². The molecule has 88 heavy (non-hydrogen) atoms. The second kappa shape index (κ2) is 24.7. The van der Waals surface area contributed by atoms with Crippen LogP contribution < -0.4 is 9.47 Å². The van der Waals surface area contributed by atoms with Gasteiger partial charge in [0.1, 0.15) is 11.5 Å². The molecule has 0 aliphatic heterocycles. The molecule has 0 fully saturated rings. The van der Waals surface area contributed by atoms with E-state index in [1.54, 1.807) is 0 Å². The van der Waals surface area contributed by atoms with Crippen molar-refractivity contribution in [3.8, 4) is 58.4 Å². The first-order valence-electron chi connectivity index (χ1n) is 33.9. The number of rotatable bonds is 22. The van der Waals surface area contributed by atoms with Crippen LogP contribution >= 0.6 is 0 Å². The van der Waals surface area contributed by atoms with Crippen molar-refractivity contribution in [3.05, 3.63) is 235 Å². The van der Waals surface area contributed by atoms with Crippen molar-refractivity contribution in [3.63, 3.8) is 0 Å². The summed E-state index contributed by atoms with van der Waals surface area (Å²) >= 11 is 0. The van der Waals surface area contributed by atoms with Gasteiger partial charge in [-0.15, -0.1) is 12.8 Å². The number of hydrogen-bond donors (Lipinski definition) is 0. The Labute approximate surface area is 526 Å². The molecule has 15 rings (SSSR count). The van der Waals surface area contributed by atoms with Gasteiger partial charge in [0.15, 0.2) is 0 Å². The van der Waals surface area contributed by atoms with E-state index in [0.29, 0.717) is 0 Å². The van der Waals surface area contributed by atoms with Gasteiger partial charge in [-0.05, 0) is 182 Å². The molecule has 0 N–H and O–H groups in total. The summed E-state index contributed by atoms with van der Waals surface area (Å²) in [7, 11) is 0. The van der Waals surface area contributed by atoms with E-state index in [4.69, 9.17) is 22.3 Å². The minimum atomic E-state index is -0.227. The third kappa shape index (κ3) is 10.6. The number of unbranched alkanes of at least 4 members (excludes halogenated alkanes) is 14. The molecular formula is C86H90O2. The Bertz CT molecular complexity index is 3910. The van der Waals surface area contributed by atoms with Gasteiger partial charge in [0, 0.05) is 34.8 Å². The minimum Gasteiger partial charge on any atom is -0.494 e. The Balaban J connectivity index is 1.03. The fourth-order valence-electron chi connectivity index (χ4n) is 16.1. The topological polar surface area (TPSA) is 18.5 Å². The largest absolute Gasteiger partial charge is 0.494 e. The van der Waals surface area contributed by atoms with Crippen molar-refractivity contribution in [1.29, 1.82) is 0 Å². The van der Waals surface area contributed by atoms with Gasteiger partial charge in [0.05, 0.1) is 13.2 Å². The lowest BCUT2D eigenvalue weighted by Crippen LogP contribution is -2.36. The zero-order valence-corrected chi connectivity index (χ0v) is 53.9. The van der Waals surface area contributed by atoms with Gasteiger partial charge in [-0.25, -0.2) is 0 Å². The highest BCUT2D eigenvalue weighted by molar-refractivity contribution is 6.14. The van der Waals surface area contributed by atoms with Gasteiger partial charge in [-0.1, -0.05) is 266 Å². The molecule has 4 atom stereocenters. The summed E-state index contributed by atoms with van der Waals surface area (Å²) in [6.45, 7) is 20.0. The summed E-state index contributed by atoms with van der Waals surface area (Å²) in [5.41, 5.74) is 25.0. The number of ether oxygens (including phenoxy) is 2. The van der Waals surface area contributed by atoms with Crippen LogP contribution in [0.4, 0.5) is 0 Å². The average molecular weight is 1160 g/mol. The molecule has 2 nitrogen and oxygen atoms in total. The number of fused-ring (bicyclic) bond motifs is 2. The predicted molar refractivity (Wildman–Crippen MR) is 371 cm³/mol. The molecular weight excluding hydrogens is 1060 g/mol. The maximum Gasteiger partial charge on any atom is 0.119 e. The Kier molecular flexibility index (Phi) is 16.6. The molecule has 9 aromatic carbocycles. The van der Waals surface area contributed by atoms with Gasteiger partial charge in [-0.2, -0.15) is 0 Å². The molecule has 6 aliphatic carbocycles. The Morgan fingerprint density at radius 3 is 1.06 bits per heavy atom. The second-order valence-corrected chi connectivity index (χ2v) is 28.3. The number of benzene rings is 9. The van der Waals surface area contributed by atoms with Crippen LogP contribution in [0.2, 0.25) is 0 Å². The molecule has 4 unspecified atom stereocenters. The van der Waals surface area contributed by atoms with Crippen LogP contribution in [0.5, 0.6) is 11.5 Å². The normalized spacial score (nSPS) is 16.5. The van der Waals surface area contributed by atoms with Gasteiger partial charge in [0.2, 0.25) is 0 Å². The standard InChI is InChI=1S/C86H90O2/c1-11-15-17-19-21-23-25-31-49-87-61-43-37-55(38-44-61)73-69-51-57-33-27-28-34-58(57)52-70(69)74(56-39-45-62(46-40-56)88-50-32-26-24-22-20-18-16-12-2)84-82-66-36-30-29-35-65(66)81(83(73)84)79-63(13-3)77-75-67-47-41-60(86(8,9)10)54-72(67)76(78(77)64(14-4)80(79)82)68-48-42-59(53-71(68)75)85(5,6)7/h3-4,27-30,33-48,51-54,75-76,81-82H,11-12,15-26,31-32,49-50H2,1-2,5-10H3. The quantitative estimate of drug-likeness (QED) is 0.0383. The Hall–Kier alpha value is -7.78. The second-order valence-electron chi connectivity index (χ2n) is 28.3. The molecule has 9 aromatic rings.